The van der Waals surface area contributed by atoms with Crippen LogP contribution in [0.25, 0.3) is 0 Å². The Labute approximate surface area is 101 Å². The Morgan fingerprint density at radius 2 is 2.00 bits per heavy atom. The Morgan fingerprint density at radius 1 is 1.41 bits per heavy atom. The van der Waals surface area contributed by atoms with Gasteiger partial charge in [0.15, 0.2) is 5.69 Å². The molecule has 0 radical (unpaired) electrons. The predicted molar refractivity (Wildman–Crippen MR) is 57.8 cm³/mol. The highest BCUT2D eigenvalue weighted by molar-refractivity contribution is 7.80. The number of nitrogens with one attached hydrogen (secondary N) is 1. The molecular formula is C9H13F3N2O2S. The summed E-state index contributed by atoms with van der Waals surface area (Å²) in [7, 11) is 0. The molecule has 0 bridgehead atoms. The molecule has 1 rings (SSSR count). The SMILES string of the molecule is Cc1[nH]nc(C(F)(F)F)c1C(O)C(O)CCS. The molecule has 4 nitrogen and oxygen atoms in total. The average Bonchev–Trinajstić information content (AvgIpc) is 2.59. The lowest BCUT2D eigenvalue weighted by molar-refractivity contribution is -0.143. The normalized spacial score (nSPS) is 15.9. The maximum atomic E-state index is 12.6. The molecular weight excluding hydrogens is 257 g/mol. The second-order valence-corrected chi connectivity index (χ2v) is 4.08. The molecule has 8 heteroatoms. The minimum atomic E-state index is -4.66. The Hall–Kier alpha value is -0.730. The number of H-pyrrole nitrogens is 1. The van der Waals surface area contributed by atoms with Crippen LogP contribution in [0.5, 0.6) is 0 Å². The minimum absolute atomic E-state index is 0.0861. The van der Waals surface area contributed by atoms with E-state index < -0.39 is 29.6 Å². The molecule has 0 aliphatic heterocycles. The zero-order valence-corrected chi connectivity index (χ0v) is 9.89. The molecule has 1 heterocycles. The lowest BCUT2D eigenvalue weighted by Gasteiger charge is -2.18. The van der Waals surface area contributed by atoms with Gasteiger partial charge >= 0.3 is 6.18 Å². The van der Waals surface area contributed by atoms with Gasteiger partial charge in [-0.2, -0.15) is 30.9 Å². The van der Waals surface area contributed by atoms with Crippen LogP contribution in [-0.4, -0.2) is 32.3 Å². The number of aromatic nitrogens is 2. The van der Waals surface area contributed by atoms with Gasteiger partial charge in [-0.3, -0.25) is 5.10 Å². The number of alkyl halides is 3. The smallest absolute Gasteiger partial charge is 0.390 e. The van der Waals surface area contributed by atoms with Crippen LogP contribution in [0.3, 0.4) is 0 Å². The molecule has 0 aliphatic carbocycles. The van der Waals surface area contributed by atoms with Crippen molar-refractivity contribution >= 4 is 12.6 Å². The molecule has 0 saturated carbocycles. The van der Waals surface area contributed by atoms with Gasteiger partial charge in [0.2, 0.25) is 0 Å². The van der Waals surface area contributed by atoms with Crippen molar-refractivity contribution in [1.82, 2.24) is 10.2 Å². The summed E-state index contributed by atoms with van der Waals surface area (Å²) >= 11 is 3.84. The average molecular weight is 270 g/mol. The fraction of sp³-hybridized carbons (Fsp3) is 0.667. The summed E-state index contributed by atoms with van der Waals surface area (Å²) in [6.45, 7) is 1.36. The Bertz CT molecular complexity index is 381. The van der Waals surface area contributed by atoms with E-state index in [-0.39, 0.29) is 17.9 Å². The Balaban J connectivity index is 3.08. The van der Waals surface area contributed by atoms with Crippen LogP contribution in [-0.2, 0) is 6.18 Å². The highest BCUT2D eigenvalue weighted by Crippen LogP contribution is 2.35. The van der Waals surface area contributed by atoms with Crippen molar-refractivity contribution < 1.29 is 23.4 Å². The number of thiol groups is 1. The number of aromatic amines is 1. The summed E-state index contributed by atoms with van der Waals surface area (Å²) in [6, 6.07) is 0. The predicted octanol–water partition coefficient (Wildman–Crippen LogP) is 1.45. The van der Waals surface area contributed by atoms with E-state index in [1.54, 1.807) is 0 Å². The van der Waals surface area contributed by atoms with Gasteiger partial charge in [0.25, 0.3) is 0 Å². The van der Waals surface area contributed by atoms with Crippen molar-refractivity contribution in [3.8, 4) is 0 Å². The van der Waals surface area contributed by atoms with Gasteiger partial charge in [-0.1, -0.05) is 0 Å². The first-order valence-corrected chi connectivity index (χ1v) is 5.51. The number of aliphatic hydroxyl groups is 2. The first-order chi connectivity index (χ1) is 7.79. The number of aryl methyl sites for hydroxylation is 1. The molecule has 0 saturated heterocycles. The molecule has 98 valence electrons. The quantitative estimate of drug-likeness (QED) is 0.626. The van der Waals surface area contributed by atoms with Gasteiger partial charge in [-0.05, 0) is 19.1 Å². The fourth-order valence-corrected chi connectivity index (χ4v) is 1.76. The highest BCUT2D eigenvalue weighted by atomic mass is 32.1. The number of hydrogen-bond donors (Lipinski definition) is 4. The molecule has 0 amide bonds. The molecule has 3 N–H and O–H groups in total. The standard InChI is InChI=1S/C9H13F3N2O2S/c1-4-6(7(16)5(15)2-3-17)8(14-13-4)9(10,11)12/h5,7,15-17H,2-3H2,1H3,(H,13,14). The van der Waals surface area contributed by atoms with Gasteiger partial charge in [0.05, 0.1) is 6.10 Å². The third-order valence-corrected chi connectivity index (χ3v) is 2.61. The summed E-state index contributed by atoms with van der Waals surface area (Å²) in [5, 5.41) is 24.5. The number of aliphatic hydroxyl groups excluding tert-OH is 2. The lowest BCUT2D eigenvalue weighted by Crippen LogP contribution is -2.22. The van der Waals surface area contributed by atoms with Crippen molar-refractivity contribution in [2.24, 2.45) is 0 Å². The molecule has 2 atom stereocenters. The van der Waals surface area contributed by atoms with Gasteiger partial charge in [-0.15, -0.1) is 0 Å². The van der Waals surface area contributed by atoms with E-state index in [1.165, 1.54) is 6.92 Å². The van der Waals surface area contributed by atoms with E-state index in [0.717, 1.165) is 0 Å². The second-order valence-electron chi connectivity index (χ2n) is 3.63. The van der Waals surface area contributed by atoms with Gasteiger partial charge in [0, 0.05) is 11.3 Å². The van der Waals surface area contributed by atoms with E-state index >= 15 is 0 Å². The van der Waals surface area contributed by atoms with Crippen LogP contribution in [0.2, 0.25) is 0 Å². The van der Waals surface area contributed by atoms with Crippen LogP contribution in [0.1, 0.15) is 29.5 Å². The summed E-state index contributed by atoms with van der Waals surface area (Å²) in [6.07, 6.45) is -7.50. The zero-order valence-electron chi connectivity index (χ0n) is 8.99. The summed E-state index contributed by atoms with van der Waals surface area (Å²) in [5.74, 6) is 0.260. The lowest BCUT2D eigenvalue weighted by atomic mass is 10.0. The third-order valence-electron chi connectivity index (χ3n) is 2.35. The third kappa shape index (κ3) is 3.14. The van der Waals surface area contributed by atoms with Crippen LogP contribution < -0.4 is 0 Å². The number of hydrogen-bond acceptors (Lipinski definition) is 4. The van der Waals surface area contributed by atoms with E-state index in [9.17, 15) is 23.4 Å². The van der Waals surface area contributed by atoms with Gasteiger partial charge < -0.3 is 10.2 Å². The highest BCUT2D eigenvalue weighted by Gasteiger charge is 2.40. The number of rotatable bonds is 4. The van der Waals surface area contributed by atoms with Crippen molar-refractivity contribution in [2.45, 2.75) is 31.7 Å². The largest absolute Gasteiger partial charge is 0.435 e. The minimum Gasteiger partial charge on any atom is -0.390 e. The second kappa shape index (κ2) is 5.28. The number of halogens is 3. The molecule has 0 aromatic carbocycles. The molecule has 1 aromatic rings. The Kier molecular flexibility index (Phi) is 4.45. The maximum absolute atomic E-state index is 12.6. The van der Waals surface area contributed by atoms with E-state index in [2.05, 4.69) is 22.8 Å². The summed E-state index contributed by atoms with van der Waals surface area (Å²) in [4.78, 5) is 0. The van der Waals surface area contributed by atoms with Gasteiger partial charge in [-0.25, -0.2) is 0 Å². The molecule has 17 heavy (non-hydrogen) atoms. The van der Waals surface area contributed by atoms with Crippen LogP contribution in [0, 0.1) is 6.92 Å². The molecule has 0 fully saturated rings. The van der Waals surface area contributed by atoms with Crippen molar-refractivity contribution in [1.29, 1.82) is 0 Å². The van der Waals surface area contributed by atoms with Crippen LogP contribution >= 0.6 is 12.6 Å². The summed E-state index contributed by atoms with van der Waals surface area (Å²) < 4.78 is 37.7. The van der Waals surface area contributed by atoms with E-state index in [4.69, 9.17) is 0 Å². The van der Waals surface area contributed by atoms with Gasteiger partial charge in [0.1, 0.15) is 6.10 Å². The topological polar surface area (TPSA) is 69.1 Å². The fourth-order valence-electron chi connectivity index (χ4n) is 1.50. The molecule has 2 unspecified atom stereocenters. The van der Waals surface area contributed by atoms with Crippen molar-refractivity contribution in [3.63, 3.8) is 0 Å². The monoisotopic (exact) mass is 270 g/mol. The number of nitrogens with zero attached hydrogens (tertiary/aromatic N) is 1. The maximum Gasteiger partial charge on any atom is 0.435 e. The van der Waals surface area contributed by atoms with Crippen LogP contribution in [0.15, 0.2) is 0 Å². The molecule has 0 spiro atoms. The first kappa shape index (κ1) is 14.3. The Morgan fingerprint density at radius 3 is 2.47 bits per heavy atom. The summed E-state index contributed by atoms with van der Waals surface area (Å²) in [5.41, 5.74) is -1.52. The van der Waals surface area contributed by atoms with E-state index in [0.29, 0.717) is 0 Å². The van der Waals surface area contributed by atoms with E-state index in [1.807, 2.05) is 0 Å². The van der Waals surface area contributed by atoms with Crippen LogP contribution in [0.4, 0.5) is 13.2 Å². The van der Waals surface area contributed by atoms with Crippen molar-refractivity contribution in [3.05, 3.63) is 17.0 Å². The van der Waals surface area contributed by atoms with Crippen molar-refractivity contribution in [2.75, 3.05) is 5.75 Å². The molecule has 0 aliphatic rings. The molecule has 1 aromatic heterocycles. The zero-order chi connectivity index (χ0) is 13.2. The first-order valence-electron chi connectivity index (χ1n) is 4.88.